The number of carbonyl (C=O) groups excluding carboxylic acids is 1. The smallest absolute Gasteiger partial charge is 0.266 e. The van der Waals surface area contributed by atoms with Crippen LogP contribution in [0.4, 0.5) is 17.6 Å². The molecular weight excluding hydrogens is 523 g/mol. The van der Waals surface area contributed by atoms with Gasteiger partial charge < -0.3 is 0 Å². The number of halogens is 7. The fourth-order valence-electron chi connectivity index (χ4n) is 2.56. The molecule has 1 aromatic heterocycles. The molecule has 0 saturated carbocycles. The summed E-state index contributed by atoms with van der Waals surface area (Å²) < 4.78 is 80.1. The molecule has 1 amide bonds. The lowest BCUT2D eigenvalue weighted by molar-refractivity contribution is -0.137. The van der Waals surface area contributed by atoms with E-state index in [4.69, 9.17) is 34.8 Å². The lowest BCUT2D eigenvalue weighted by Gasteiger charge is -2.11. The number of hydrogen-bond acceptors (Lipinski definition) is 5. The van der Waals surface area contributed by atoms with Crippen molar-refractivity contribution in [3.63, 3.8) is 0 Å². The maximum absolute atomic E-state index is 13.6. The highest BCUT2D eigenvalue weighted by atomic mass is 35.5. The van der Waals surface area contributed by atoms with E-state index < -0.39 is 49.1 Å². The lowest BCUT2D eigenvalue weighted by atomic mass is 10.2. The van der Waals surface area contributed by atoms with E-state index in [0.29, 0.717) is 12.1 Å². The number of sulfonamides is 1. The highest BCUT2D eigenvalue weighted by molar-refractivity contribution is 7.90. The molecule has 15 heteroatoms. The molecule has 170 valence electrons. The molecule has 7 nitrogen and oxygen atoms in total. The van der Waals surface area contributed by atoms with E-state index in [1.54, 1.807) is 4.72 Å². The van der Waals surface area contributed by atoms with Crippen LogP contribution < -0.4 is 4.72 Å². The third-order valence-corrected chi connectivity index (χ3v) is 6.46. The second-order valence-corrected chi connectivity index (χ2v) is 9.11. The Morgan fingerprint density at radius 1 is 1.06 bits per heavy atom. The highest BCUT2D eigenvalue weighted by Crippen LogP contribution is 2.33. The molecule has 0 unspecified atom stereocenters. The first-order valence-electron chi connectivity index (χ1n) is 8.23. The van der Waals surface area contributed by atoms with Crippen LogP contribution in [0, 0.1) is 12.7 Å². The van der Waals surface area contributed by atoms with Crippen LogP contribution in [-0.4, -0.2) is 29.3 Å². The predicted octanol–water partition coefficient (Wildman–Crippen LogP) is 4.81. The summed E-state index contributed by atoms with van der Waals surface area (Å²) in [5, 5.41) is 6.05. The van der Waals surface area contributed by atoms with E-state index in [-0.39, 0.29) is 21.4 Å². The zero-order chi connectivity index (χ0) is 24.0. The molecule has 0 aliphatic carbocycles. The van der Waals surface area contributed by atoms with Gasteiger partial charge >= 0.3 is 6.18 Å². The van der Waals surface area contributed by atoms with E-state index in [1.807, 2.05) is 0 Å². The topological polar surface area (TPSA) is 93.9 Å². The average molecular weight is 532 g/mol. The molecule has 32 heavy (non-hydrogen) atoms. The second kappa shape index (κ2) is 8.50. The molecule has 1 heterocycles. The maximum Gasteiger partial charge on any atom is 0.416 e. The van der Waals surface area contributed by atoms with Crippen molar-refractivity contribution in [2.24, 2.45) is 0 Å². The Kier molecular flexibility index (Phi) is 6.44. The maximum atomic E-state index is 13.6. The Bertz CT molecular complexity index is 1320. The number of carbonyl (C=O) groups is 1. The summed E-state index contributed by atoms with van der Waals surface area (Å²) in [6, 6.07) is 3.92. The summed E-state index contributed by atoms with van der Waals surface area (Å²) in [4.78, 5) is 11.5. The third-order valence-electron chi connectivity index (χ3n) is 4.10. The van der Waals surface area contributed by atoms with Gasteiger partial charge in [0.05, 0.1) is 32.0 Å². The van der Waals surface area contributed by atoms with Crippen molar-refractivity contribution < 1.29 is 30.8 Å². The quantitative estimate of drug-likeness (QED) is 0.385. The van der Waals surface area contributed by atoms with E-state index in [2.05, 4.69) is 10.3 Å². The van der Waals surface area contributed by atoms with Gasteiger partial charge in [0, 0.05) is 0 Å². The van der Waals surface area contributed by atoms with Crippen molar-refractivity contribution in [3.05, 3.63) is 68.2 Å². The van der Waals surface area contributed by atoms with E-state index in [9.17, 15) is 30.8 Å². The normalized spacial score (nSPS) is 12.1. The molecule has 0 fully saturated rings. The van der Waals surface area contributed by atoms with Crippen LogP contribution >= 0.6 is 34.8 Å². The third kappa shape index (κ3) is 4.68. The molecule has 2 aromatic carbocycles. The van der Waals surface area contributed by atoms with Gasteiger partial charge in [-0.05, 0) is 37.3 Å². The number of benzene rings is 2. The summed E-state index contributed by atoms with van der Waals surface area (Å²) in [6.45, 7) is 1.34. The SMILES string of the molecule is Cc1c(C(=O)NS(=O)(=O)c2cc(C(F)(F)F)ccc2Cl)nnn1-c1cc(Cl)c(F)c(Cl)c1. The first-order chi connectivity index (χ1) is 14.7. The van der Waals surface area contributed by atoms with Crippen molar-refractivity contribution in [3.8, 4) is 5.69 Å². The minimum Gasteiger partial charge on any atom is -0.266 e. The van der Waals surface area contributed by atoms with Crippen molar-refractivity contribution in [2.75, 3.05) is 0 Å². The molecule has 0 aliphatic heterocycles. The summed E-state index contributed by atoms with van der Waals surface area (Å²) in [5.41, 5.74) is -1.63. The Balaban J connectivity index is 1.95. The molecular formula is C17H9Cl3F4N4O3S. The fraction of sp³-hybridized carbons (Fsp3) is 0.118. The van der Waals surface area contributed by atoms with Gasteiger partial charge in [0.2, 0.25) is 0 Å². The minimum absolute atomic E-state index is 0.00609. The van der Waals surface area contributed by atoms with E-state index in [1.165, 1.54) is 6.92 Å². The number of amides is 1. The highest BCUT2D eigenvalue weighted by Gasteiger charge is 2.33. The van der Waals surface area contributed by atoms with Crippen molar-refractivity contribution >= 4 is 50.7 Å². The standard InChI is InChI=1S/C17H9Cl3F4N4O3S/c1-7-15(25-27-28(7)9-5-11(19)14(21)12(20)6-9)16(29)26-32(30,31)13-4-8(17(22,23)24)2-3-10(13)18/h2-6H,1H3,(H,26,29). The van der Waals surface area contributed by atoms with Crippen LogP contribution in [0.2, 0.25) is 15.1 Å². The van der Waals surface area contributed by atoms with Gasteiger partial charge in [-0.3, -0.25) is 4.79 Å². The molecule has 0 saturated heterocycles. The van der Waals surface area contributed by atoms with Crippen molar-refractivity contribution in [1.29, 1.82) is 0 Å². The molecule has 0 radical (unpaired) electrons. The number of rotatable bonds is 4. The molecule has 0 bridgehead atoms. The number of alkyl halides is 3. The first-order valence-corrected chi connectivity index (χ1v) is 10.8. The fourth-order valence-corrected chi connectivity index (χ4v) is 4.51. The lowest BCUT2D eigenvalue weighted by Crippen LogP contribution is -2.31. The monoisotopic (exact) mass is 530 g/mol. The van der Waals surface area contributed by atoms with Crippen LogP contribution in [0.5, 0.6) is 0 Å². The molecule has 1 N–H and O–H groups in total. The summed E-state index contributed by atoms with van der Waals surface area (Å²) in [6.07, 6.45) is -4.84. The minimum atomic E-state index is -4.84. The summed E-state index contributed by atoms with van der Waals surface area (Å²) >= 11 is 17.2. The Hall–Kier alpha value is -2.41. The number of hydrogen-bond donors (Lipinski definition) is 1. The van der Waals surface area contributed by atoms with E-state index >= 15 is 0 Å². The Morgan fingerprint density at radius 3 is 2.22 bits per heavy atom. The van der Waals surface area contributed by atoms with Gasteiger partial charge in [-0.2, -0.15) is 13.2 Å². The zero-order valence-corrected chi connectivity index (χ0v) is 18.6. The van der Waals surface area contributed by atoms with Gasteiger partial charge in [-0.15, -0.1) is 5.10 Å². The van der Waals surface area contributed by atoms with Crippen LogP contribution in [0.3, 0.4) is 0 Å². The molecule has 0 aliphatic rings. The number of nitrogens with one attached hydrogen (secondary N) is 1. The van der Waals surface area contributed by atoms with Crippen molar-refractivity contribution in [2.45, 2.75) is 18.0 Å². The van der Waals surface area contributed by atoms with E-state index in [0.717, 1.165) is 22.9 Å². The molecule has 3 rings (SSSR count). The molecule has 0 spiro atoms. The summed E-state index contributed by atoms with van der Waals surface area (Å²) in [7, 11) is -4.81. The van der Waals surface area contributed by atoms with Crippen molar-refractivity contribution in [1.82, 2.24) is 19.7 Å². The Morgan fingerprint density at radius 2 is 1.66 bits per heavy atom. The van der Waals surface area contributed by atoms with Gasteiger partial charge in [0.1, 0.15) is 4.90 Å². The van der Waals surface area contributed by atoms with Crippen LogP contribution in [0.15, 0.2) is 35.2 Å². The van der Waals surface area contributed by atoms with Gasteiger partial charge in [-0.25, -0.2) is 22.2 Å². The van der Waals surface area contributed by atoms with Crippen LogP contribution in [0.1, 0.15) is 21.7 Å². The van der Waals surface area contributed by atoms with Crippen LogP contribution in [-0.2, 0) is 16.2 Å². The molecule has 3 aromatic rings. The van der Waals surface area contributed by atoms with Gasteiger partial charge in [-0.1, -0.05) is 40.0 Å². The predicted molar refractivity (Wildman–Crippen MR) is 107 cm³/mol. The molecule has 0 atom stereocenters. The first kappa shape index (κ1) is 24.2. The summed E-state index contributed by atoms with van der Waals surface area (Å²) in [5.74, 6) is -2.17. The van der Waals surface area contributed by atoms with Gasteiger partial charge in [0.25, 0.3) is 15.9 Å². The largest absolute Gasteiger partial charge is 0.416 e. The second-order valence-electron chi connectivity index (χ2n) is 6.24. The zero-order valence-electron chi connectivity index (χ0n) is 15.5. The Labute approximate surface area is 192 Å². The number of nitrogens with zero attached hydrogens (tertiary/aromatic N) is 3. The number of aromatic nitrogens is 3. The average Bonchev–Trinajstić information content (AvgIpc) is 3.06. The van der Waals surface area contributed by atoms with Gasteiger partial charge in [0.15, 0.2) is 11.5 Å². The van der Waals surface area contributed by atoms with Crippen LogP contribution in [0.25, 0.3) is 5.69 Å².